The van der Waals surface area contributed by atoms with Gasteiger partial charge >= 0.3 is 0 Å². The van der Waals surface area contributed by atoms with E-state index in [-0.39, 0.29) is 0 Å². The highest BCUT2D eigenvalue weighted by atomic mass is 32.1. The first-order valence-corrected chi connectivity index (χ1v) is 10.4. The number of imidazole rings is 1. The zero-order valence-corrected chi connectivity index (χ0v) is 16.8. The molecule has 3 aromatic rings. The number of anilines is 1. The van der Waals surface area contributed by atoms with Crippen LogP contribution in [0.5, 0.6) is 0 Å². The second-order valence-electron chi connectivity index (χ2n) is 6.78. The van der Waals surface area contributed by atoms with Crippen LogP contribution in [0.4, 0.5) is 5.00 Å². The van der Waals surface area contributed by atoms with Crippen molar-refractivity contribution in [1.82, 2.24) is 25.2 Å². The van der Waals surface area contributed by atoms with Crippen LogP contribution in [0.15, 0.2) is 59.6 Å². The van der Waals surface area contributed by atoms with Gasteiger partial charge in [-0.15, -0.1) is 11.3 Å². The van der Waals surface area contributed by atoms with Gasteiger partial charge in [-0.3, -0.25) is 9.56 Å². The van der Waals surface area contributed by atoms with Crippen molar-refractivity contribution >= 4 is 22.3 Å². The molecule has 2 N–H and O–H groups in total. The molecule has 146 valence electrons. The lowest BCUT2D eigenvalue weighted by Crippen LogP contribution is -2.48. The number of thiophene rings is 1. The molecule has 7 nitrogen and oxygen atoms in total. The van der Waals surface area contributed by atoms with E-state index < -0.39 is 0 Å². The summed E-state index contributed by atoms with van der Waals surface area (Å²) in [6, 6.07) is 8.83. The molecular weight excluding hydrogens is 370 g/mol. The molecule has 1 saturated heterocycles. The number of guanidine groups is 1. The standard InChI is InChI=1S/C20H25N7S/c1-21-20(25-17-6-9-26(10-7-17)19-3-2-12-28-19)24-14-16-4-5-18(23-13-16)27-11-8-22-15-27/h2-5,8,11-13,15,17H,6-7,9-10,14H2,1H3,(H2,21,24,25). The summed E-state index contributed by atoms with van der Waals surface area (Å²) in [5.41, 5.74) is 1.11. The first-order chi connectivity index (χ1) is 13.8. The van der Waals surface area contributed by atoms with Crippen LogP contribution in [-0.4, -0.2) is 46.7 Å². The Morgan fingerprint density at radius 2 is 2.18 bits per heavy atom. The smallest absolute Gasteiger partial charge is 0.191 e. The first-order valence-electron chi connectivity index (χ1n) is 9.51. The van der Waals surface area contributed by atoms with Gasteiger partial charge in [0.25, 0.3) is 0 Å². The summed E-state index contributed by atoms with van der Waals surface area (Å²) in [7, 11) is 1.82. The Bertz CT molecular complexity index is 864. The number of hydrogen-bond acceptors (Lipinski definition) is 5. The molecule has 4 heterocycles. The van der Waals surface area contributed by atoms with Gasteiger partial charge in [-0.25, -0.2) is 9.97 Å². The molecule has 28 heavy (non-hydrogen) atoms. The fourth-order valence-electron chi connectivity index (χ4n) is 3.34. The Labute approximate surface area is 169 Å². The van der Waals surface area contributed by atoms with Gasteiger partial charge in [-0.05, 0) is 42.0 Å². The van der Waals surface area contributed by atoms with Gasteiger partial charge < -0.3 is 15.5 Å². The van der Waals surface area contributed by atoms with Crippen LogP contribution in [0.2, 0.25) is 0 Å². The summed E-state index contributed by atoms with van der Waals surface area (Å²) in [4.78, 5) is 15.4. The van der Waals surface area contributed by atoms with Crippen LogP contribution < -0.4 is 15.5 Å². The lowest BCUT2D eigenvalue weighted by Gasteiger charge is -2.33. The number of piperidine rings is 1. The normalized spacial score (nSPS) is 15.6. The zero-order valence-electron chi connectivity index (χ0n) is 16.0. The highest BCUT2D eigenvalue weighted by molar-refractivity contribution is 7.14. The summed E-state index contributed by atoms with van der Waals surface area (Å²) in [5.74, 6) is 1.70. The molecule has 1 fully saturated rings. The second-order valence-corrected chi connectivity index (χ2v) is 7.70. The molecule has 1 aliphatic rings. The first kappa shape index (κ1) is 18.5. The van der Waals surface area contributed by atoms with Crippen LogP contribution in [0.3, 0.4) is 0 Å². The SMILES string of the molecule is CN=C(NCc1ccc(-n2ccnc2)nc1)NC1CCN(c2cccs2)CC1. The average Bonchev–Trinajstić information content (AvgIpc) is 3.46. The molecule has 3 aromatic heterocycles. The Hall–Kier alpha value is -2.87. The molecule has 0 aliphatic carbocycles. The third-order valence-electron chi connectivity index (χ3n) is 4.92. The minimum absolute atomic E-state index is 0.448. The molecular formula is C20H25N7S. The largest absolute Gasteiger partial charge is 0.363 e. The van der Waals surface area contributed by atoms with E-state index in [0.29, 0.717) is 12.6 Å². The summed E-state index contributed by atoms with van der Waals surface area (Å²) in [6.45, 7) is 2.84. The second kappa shape index (κ2) is 8.88. The van der Waals surface area contributed by atoms with Crippen molar-refractivity contribution < 1.29 is 0 Å². The number of nitrogens with one attached hydrogen (secondary N) is 2. The summed E-state index contributed by atoms with van der Waals surface area (Å²) >= 11 is 1.81. The van der Waals surface area contributed by atoms with E-state index in [9.17, 15) is 0 Å². The number of pyridine rings is 1. The van der Waals surface area contributed by atoms with Crippen molar-refractivity contribution in [2.24, 2.45) is 4.99 Å². The molecule has 0 saturated carbocycles. The molecule has 4 rings (SSSR count). The Balaban J connectivity index is 1.25. The summed E-state index contributed by atoms with van der Waals surface area (Å²) < 4.78 is 1.89. The minimum atomic E-state index is 0.448. The van der Waals surface area contributed by atoms with Crippen LogP contribution in [-0.2, 0) is 6.54 Å². The molecule has 0 amide bonds. The molecule has 0 unspecified atom stereocenters. The molecule has 0 bridgehead atoms. The van der Waals surface area contributed by atoms with E-state index in [0.717, 1.165) is 43.3 Å². The van der Waals surface area contributed by atoms with Gasteiger partial charge in [0.1, 0.15) is 12.1 Å². The summed E-state index contributed by atoms with van der Waals surface area (Å²) in [6.07, 6.45) is 9.48. The molecule has 0 spiro atoms. The number of aromatic nitrogens is 3. The lowest BCUT2D eigenvalue weighted by atomic mass is 10.1. The topological polar surface area (TPSA) is 70.4 Å². The third kappa shape index (κ3) is 4.51. The number of hydrogen-bond donors (Lipinski definition) is 2. The maximum Gasteiger partial charge on any atom is 0.191 e. The Kier molecular flexibility index (Phi) is 5.86. The molecule has 0 aromatic carbocycles. The van der Waals surface area contributed by atoms with Crippen LogP contribution >= 0.6 is 11.3 Å². The van der Waals surface area contributed by atoms with E-state index in [1.807, 2.05) is 41.4 Å². The molecule has 1 aliphatic heterocycles. The zero-order chi connectivity index (χ0) is 19.2. The Morgan fingerprint density at radius 1 is 1.29 bits per heavy atom. The van der Waals surface area contributed by atoms with Crippen LogP contribution in [0, 0.1) is 0 Å². The van der Waals surface area contributed by atoms with Crippen molar-refractivity contribution in [3.05, 3.63) is 60.1 Å². The van der Waals surface area contributed by atoms with Crippen molar-refractivity contribution in [3.63, 3.8) is 0 Å². The number of aliphatic imine (C=N–C) groups is 1. The monoisotopic (exact) mass is 395 g/mol. The molecule has 0 radical (unpaired) electrons. The quantitative estimate of drug-likeness (QED) is 0.513. The van der Waals surface area contributed by atoms with Crippen LogP contribution in [0.1, 0.15) is 18.4 Å². The van der Waals surface area contributed by atoms with Crippen molar-refractivity contribution in [2.45, 2.75) is 25.4 Å². The predicted molar refractivity (Wildman–Crippen MR) is 114 cm³/mol. The van der Waals surface area contributed by atoms with Gasteiger partial charge in [0, 0.05) is 51.3 Å². The number of nitrogens with zero attached hydrogens (tertiary/aromatic N) is 5. The van der Waals surface area contributed by atoms with Gasteiger partial charge in [0.15, 0.2) is 5.96 Å². The molecule has 0 atom stereocenters. The highest BCUT2D eigenvalue weighted by Gasteiger charge is 2.20. The summed E-state index contributed by atoms with van der Waals surface area (Å²) in [5, 5.41) is 10.5. The van der Waals surface area contributed by atoms with Gasteiger partial charge in [-0.2, -0.15) is 0 Å². The van der Waals surface area contributed by atoms with Crippen molar-refractivity contribution in [2.75, 3.05) is 25.0 Å². The maximum absolute atomic E-state index is 4.49. The van der Waals surface area contributed by atoms with E-state index >= 15 is 0 Å². The van der Waals surface area contributed by atoms with Crippen molar-refractivity contribution in [1.29, 1.82) is 0 Å². The minimum Gasteiger partial charge on any atom is -0.363 e. The third-order valence-corrected chi connectivity index (χ3v) is 5.84. The van der Waals surface area contributed by atoms with Crippen molar-refractivity contribution in [3.8, 4) is 5.82 Å². The molecule has 8 heteroatoms. The number of rotatable bonds is 5. The van der Waals surface area contributed by atoms with Gasteiger partial charge in [-0.1, -0.05) is 6.07 Å². The van der Waals surface area contributed by atoms with Gasteiger partial charge in [0.2, 0.25) is 0 Å². The lowest BCUT2D eigenvalue weighted by molar-refractivity contribution is 0.463. The van der Waals surface area contributed by atoms with E-state index in [1.165, 1.54) is 5.00 Å². The van der Waals surface area contributed by atoms with E-state index in [1.54, 1.807) is 12.5 Å². The maximum atomic E-state index is 4.49. The highest BCUT2D eigenvalue weighted by Crippen LogP contribution is 2.24. The fraction of sp³-hybridized carbons (Fsp3) is 0.350. The average molecular weight is 396 g/mol. The van der Waals surface area contributed by atoms with Crippen LogP contribution in [0.25, 0.3) is 5.82 Å². The van der Waals surface area contributed by atoms with E-state index in [4.69, 9.17) is 0 Å². The van der Waals surface area contributed by atoms with Gasteiger partial charge in [0.05, 0.1) is 5.00 Å². The Morgan fingerprint density at radius 3 is 2.82 bits per heavy atom. The predicted octanol–water partition coefficient (Wildman–Crippen LogP) is 2.66. The van der Waals surface area contributed by atoms with E-state index in [2.05, 4.69) is 54.1 Å². The fourth-order valence-corrected chi connectivity index (χ4v) is 4.12.